The highest BCUT2D eigenvalue weighted by Gasteiger charge is 2.18. The first-order valence-corrected chi connectivity index (χ1v) is 10.6. The smallest absolute Gasteiger partial charge is 0.253 e. The molecule has 0 saturated heterocycles. The van der Waals surface area contributed by atoms with Crippen LogP contribution in [0.1, 0.15) is 28.7 Å². The average molecular weight is 417 g/mol. The van der Waals surface area contributed by atoms with E-state index in [1.165, 1.54) is 0 Å². The molecule has 0 bridgehead atoms. The lowest BCUT2D eigenvalue weighted by Gasteiger charge is -2.15. The van der Waals surface area contributed by atoms with Crippen molar-refractivity contribution in [2.75, 3.05) is 13.7 Å². The maximum Gasteiger partial charge on any atom is 0.253 e. The molecule has 2 aromatic heterocycles. The Hall–Kier alpha value is -3.38. The monoisotopic (exact) mass is 416 g/mol. The summed E-state index contributed by atoms with van der Waals surface area (Å²) in [5, 5.41) is 8.75. The number of para-hydroxylation sites is 2. The number of hydrogen-bond donors (Lipinski definition) is 1. The van der Waals surface area contributed by atoms with E-state index in [-0.39, 0.29) is 11.9 Å². The number of carbonyl (C=O) groups excluding carboxylic acids is 1. The van der Waals surface area contributed by atoms with Crippen LogP contribution < -0.4 is 5.32 Å². The molecule has 0 radical (unpaired) electrons. The maximum absolute atomic E-state index is 13.1. The summed E-state index contributed by atoms with van der Waals surface area (Å²) < 4.78 is 9.24. The number of nitrogens with one attached hydrogen (secondary N) is 1. The molecule has 4 rings (SSSR count). The zero-order chi connectivity index (χ0) is 21.8. The molecule has 0 fully saturated rings. The third-order valence-electron chi connectivity index (χ3n) is 5.37. The van der Waals surface area contributed by atoms with Gasteiger partial charge in [0.25, 0.3) is 5.91 Å². The summed E-state index contributed by atoms with van der Waals surface area (Å²) in [4.78, 5) is 13.1. The summed E-state index contributed by atoms with van der Waals surface area (Å²) in [5.41, 5.74) is 4.77. The first-order valence-electron chi connectivity index (χ1n) is 10.6. The first kappa shape index (κ1) is 20.9. The summed E-state index contributed by atoms with van der Waals surface area (Å²) in [6.07, 6.45) is 2.61. The normalized spacial score (nSPS) is 12.2. The Balaban J connectivity index is 1.53. The Kier molecular flexibility index (Phi) is 6.18. The molecule has 0 aliphatic rings. The molecule has 0 spiro atoms. The van der Waals surface area contributed by atoms with Gasteiger partial charge in [-0.25, -0.2) is 4.68 Å². The Bertz CT molecular complexity index is 1180. The minimum absolute atomic E-state index is 0.0489. The molecule has 0 aliphatic carbocycles. The van der Waals surface area contributed by atoms with Gasteiger partial charge in [-0.1, -0.05) is 36.4 Å². The van der Waals surface area contributed by atoms with Crippen LogP contribution in [0.5, 0.6) is 0 Å². The molecular formula is C25H28N4O2. The topological polar surface area (TPSA) is 61.1 Å². The molecule has 2 aromatic carbocycles. The average Bonchev–Trinajstić information content (AvgIpc) is 3.33. The third-order valence-corrected chi connectivity index (χ3v) is 5.37. The van der Waals surface area contributed by atoms with Gasteiger partial charge in [-0.15, -0.1) is 0 Å². The molecule has 0 aliphatic heterocycles. The lowest BCUT2D eigenvalue weighted by Crippen LogP contribution is -2.34. The molecular weight excluding hydrogens is 388 g/mol. The fourth-order valence-corrected chi connectivity index (χ4v) is 3.96. The van der Waals surface area contributed by atoms with E-state index in [1.807, 2.05) is 79.3 Å². The maximum atomic E-state index is 13.1. The number of aromatic nitrogens is 3. The highest BCUT2D eigenvalue weighted by molar-refractivity contribution is 6.07. The highest BCUT2D eigenvalue weighted by Crippen LogP contribution is 2.22. The summed E-state index contributed by atoms with van der Waals surface area (Å²) in [6, 6.07) is 20.1. The van der Waals surface area contributed by atoms with Crippen molar-refractivity contribution in [1.82, 2.24) is 19.7 Å². The molecule has 6 nitrogen and oxygen atoms in total. The fraction of sp³-hybridized carbons (Fsp3) is 0.280. The number of aryl methyl sites for hydroxylation is 1. The van der Waals surface area contributed by atoms with Crippen molar-refractivity contribution >= 4 is 16.8 Å². The number of amides is 1. The van der Waals surface area contributed by atoms with Gasteiger partial charge >= 0.3 is 0 Å². The molecule has 1 atom stereocenters. The van der Waals surface area contributed by atoms with Crippen molar-refractivity contribution < 1.29 is 9.53 Å². The lowest BCUT2D eigenvalue weighted by molar-refractivity contribution is 0.0941. The van der Waals surface area contributed by atoms with Crippen molar-refractivity contribution in [3.63, 3.8) is 0 Å². The van der Waals surface area contributed by atoms with Gasteiger partial charge in [-0.05, 0) is 38.1 Å². The van der Waals surface area contributed by atoms with Crippen LogP contribution in [0.25, 0.3) is 16.6 Å². The summed E-state index contributed by atoms with van der Waals surface area (Å²) in [5.74, 6) is -0.0673. The van der Waals surface area contributed by atoms with E-state index in [2.05, 4.69) is 21.0 Å². The minimum Gasteiger partial charge on any atom is -0.383 e. The minimum atomic E-state index is -0.0673. The number of methoxy groups -OCH3 is 1. The van der Waals surface area contributed by atoms with Crippen LogP contribution in [0.3, 0.4) is 0 Å². The Morgan fingerprint density at radius 2 is 1.87 bits per heavy atom. The summed E-state index contributed by atoms with van der Waals surface area (Å²) in [7, 11) is 1.68. The van der Waals surface area contributed by atoms with Crippen LogP contribution in [-0.4, -0.2) is 40.0 Å². The lowest BCUT2D eigenvalue weighted by atomic mass is 10.1. The number of carbonyl (C=O) groups is 1. The van der Waals surface area contributed by atoms with E-state index in [4.69, 9.17) is 4.74 Å². The van der Waals surface area contributed by atoms with Gasteiger partial charge in [0.1, 0.15) is 0 Å². The second-order valence-corrected chi connectivity index (χ2v) is 7.85. The van der Waals surface area contributed by atoms with Crippen molar-refractivity contribution in [2.45, 2.75) is 32.9 Å². The molecule has 1 N–H and O–H groups in total. The van der Waals surface area contributed by atoms with Crippen LogP contribution >= 0.6 is 0 Å². The number of hydrogen-bond acceptors (Lipinski definition) is 3. The van der Waals surface area contributed by atoms with Gasteiger partial charge in [0, 0.05) is 48.9 Å². The summed E-state index contributed by atoms with van der Waals surface area (Å²) in [6.45, 7) is 5.31. The number of fused-ring (bicyclic) bond motifs is 1. The SMILES string of the molecule is COCCn1cc(C(=O)NC(C)Cc2cc(C)nn2-c2ccccc2)c2ccccc21. The van der Waals surface area contributed by atoms with E-state index >= 15 is 0 Å². The first-order chi connectivity index (χ1) is 15.1. The Morgan fingerprint density at radius 3 is 2.65 bits per heavy atom. The Morgan fingerprint density at radius 1 is 1.13 bits per heavy atom. The highest BCUT2D eigenvalue weighted by atomic mass is 16.5. The van der Waals surface area contributed by atoms with Crippen LogP contribution in [-0.2, 0) is 17.7 Å². The van der Waals surface area contributed by atoms with Gasteiger partial charge in [-0.3, -0.25) is 4.79 Å². The second-order valence-electron chi connectivity index (χ2n) is 7.85. The third kappa shape index (κ3) is 4.54. The zero-order valence-corrected chi connectivity index (χ0v) is 18.2. The van der Waals surface area contributed by atoms with Gasteiger partial charge in [0.15, 0.2) is 0 Å². The predicted molar refractivity (Wildman–Crippen MR) is 123 cm³/mol. The van der Waals surface area contributed by atoms with Gasteiger partial charge in [-0.2, -0.15) is 5.10 Å². The zero-order valence-electron chi connectivity index (χ0n) is 18.2. The standard InChI is InChI=1S/C25H28N4O2/c1-18(15-21-16-19(2)27-29(21)20-9-5-4-6-10-20)26-25(30)23-17-28(13-14-31-3)24-12-8-7-11-22(23)24/h4-12,16-18H,13-15H2,1-3H3,(H,26,30). The number of rotatable bonds is 8. The van der Waals surface area contributed by atoms with E-state index in [9.17, 15) is 4.79 Å². The molecule has 4 aromatic rings. The van der Waals surface area contributed by atoms with Crippen LogP contribution in [0.15, 0.2) is 66.9 Å². The Labute approximate surface area is 182 Å². The van der Waals surface area contributed by atoms with Crippen molar-refractivity contribution in [3.8, 4) is 5.69 Å². The quantitative estimate of drug-likeness (QED) is 0.470. The van der Waals surface area contributed by atoms with Crippen molar-refractivity contribution in [3.05, 3.63) is 83.8 Å². The van der Waals surface area contributed by atoms with Gasteiger partial charge in [0.05, 0.1) is 23.6 Å². The van der Waals surface area contributed by atoms with E-state index in [0.717, 1.165) is 28.0 Å². The molecule has 6 heteroatoms. The largest absolute Gasteiger partial charge is 0.383 e. The number of ether oxygens (including phenoxy) is 1. The second kappa shape index (κ2) is 9.18. The molecule has 31 heavy (non-hydrogen) atoms. The van der Waals surface area contributed by atoms with Crippen LogP contribution in [0.2, 0.25) is 0 Å². The van der Waals surface area contributed by atoms with E-state index < -0.39 is 0 Å². The van der Waals surface area contributed by atoms with Gasteiger partial charge < -0.3 is 14.6 Å². The van der Waals surface area contributed by atoms with E-state index in [0.29, 0.717) is 25.1 Å². The molecule has 1 amide bonds. The molecule has 0 saturated carbocycles. The van der Waals surface area contributed by atoms with Crippen molar-refractivity contribution in [1.29, 1.82) is 0 Å². The van der Waals surface area contributed by atoms with Crippen LogP contribution in [0.4, 0.5) is 0 Å². The fourth-order valence-electron chi connectivity index (χ4n) is 3.96. The van der Waals surface area contributed by atoms with Crippen molar-refractivity contribution in [2.24, 2.45) is 0 Å². The van der Waals surface area contributed by atoms with Gasteiger partial charge in [0.2, 0.25) is 0 Å². The number of benzene rings is 2. The van der Waals surface area contributed by atoms with E-state index in [1.54, 1.807) is 7.11 Å². The predicted octanol–water partition coefficient (Wildman–Crippen LogP) is 4.14. The number of nitrogens with zero attached hydrogens (tertiary/aromatic N) is 3. The molecule has 160 valence electrons. The van der Waals surface area contributed by atoms with Crippen LogP contribution in [0, 0.1) is 6.92 Å². The molecule has 2 heterocycles. The molecule has 1 unspecified atom stereocenters. The summed E-state index contributed by atoms with van der Waals surface area (Å²) >= 11 is 0.